The molecule has 0 spiro atoms. The second-order valence-corrected chi connectivity index (χ2v) is 10.3. The lowest BCUT2D eigenvalue weighted by Crippen LogP contribution is -2.54. The molecule has 0 aliphatic carbocycles. The van der Waals surface area contributed by atoms with E-state index in [4.69, 9.17) is 11.5 Å². The van der Waals surface area contributed by atoms with Gasteiger partial charge in [0.2, 0.25) is 17.7 Å². The highest BCUT2D eigenvalue weighted by atomic mass is 16.4. The highest BCUT2D eigenvalue weighted by Gasteiger charge is 2.27. The lowest BCUT2D eigenvalue weighted by molar-refractivity contribution is -0.142. The van der Waals surface area contributed by atoms with Crippen molar-refractivity contribution in [2.24, 2.45) is 11.5 Å². The first kappa shape index (κ1) is 30.3. The maximum atomic E-state index is 13.2. The van der Waals surface area contributed by atoms with Gasteiger partial charge >= 0.3 is 5.97 Å². The number of amides is 3. The number of unbranched alkanes of at least 4 members (excludes halogenated alkanes) is 1. The molecule has 0 fully saturated rings. The van der Waals surface area contributed by atoms with Crippen LogP contribution in [-0.4, -0.2) is 70.0 Å². The number of hydrogen-bond acceptors (Lipinski definition) is 6. The molecule has 3 unspecified atom stereocenters. The van der Waals surface area contributed by atoms with E-state index in [0.29, 0.717) is 19.4 Å². The number of carbonyl (C=O) groups excluding carboxylic acids is 3. The normalized spacial score (nSPS) is 13.4. The van der Waals surface area contributed by atoms with Crippen molar-refractivity contribution in [1.82, 2.24) is 25.9 Å². The van der Waals surface area contributed by atoms with Crippen LogP contribution in [0.25, 0.3) is 21.8 Å². The molecule has 0 saturated heterocycles. The molecule has 0 saturated carbocycles. The van der Waals surface area contributed by atoms with E-state index in [2.05, 4.69) is 25.9 Å². The number of carbonyl (C=O) groups is 4. The van der Waals surface area contributed by atoms with Crippen LogP contribution < -0.4 is 27.4 Å². The minimum Gasteiger partial charge on any atom is -0.480 e. The smallest absolute Gasteiger partial charge is 0.326 e. The average molecular weight is 576 g/mol. The first-order valence-electron chi connectivity index (χ1n) is 13.9. The largest absolute Gasteiger partial charge is 0.480 e. The predicted molar refractivity (Wildman–Crippen MR) is 159 cm³/mol. The van der Waals surface area contributed by atoms with Crippen molar-refractivity contribution in [2.45, 2.75) is 50.2 Å². The number of aromatic nitrogens is 2. The number of para-hydroxylation sites is 2. The van der Waals surface area contributed by atoms with Crippen molar-refractivity contribution < 1.29 is 24.3 Å². The van der Waals surface area contributed by atoms with Gasteiger partial charge in [-0.1, -0.05) is 36.4 Å². The van der Waals surface area contributed by atoms with E-state index in [-0.39, 0.29) is 19.3 Å². The van der Waals surface area contributed by atoms with Gasteiger partial charge in [-0.2, -0.15) is 0 Å². The maximum Gasteiger partial charge on any atom is 0.326 e. The van der Waals surface area contributed by atoms with Crippen LogP contribution in [0.3, 0.4) is 0 Å². The van der Waals surface area contributed by atoms with Gasteiger partial charge in [-0.3, -0.25) is 14.4 Å². The molecule has 3 amide bonds. The monoisotopic (exact) mass is 575 g/mol. The molecule has 222 valence electrons. The Morgan fingerprint density at radius 3 is 1.98 bits per heavy atom. The Balaban J connectivity index is 1.33. The summed E-state index contributed by atoms with van der Waals surface area (Å²) >= 11 is 0. The van der Waals surface area contributed by atoms with Gasteiger partial charge in [0.1, 0.15) is 12.1 Å². The summed E-state index contributed by atoms with van der Waals surface area (Å²) in [6.45, 7) is 0.0176. The van der Waals surface area contributed by atoms with Crippen molar-refractivity contribution in [3.05, 3.63) is 72.1 Å². The third-order valence-electron chi connectivity index (χ3n) is 7.19. The topological polar surface area (TPSA) is 208 Å². The Morgan fingerprint density at radius 2 is 1.38 bits per heavy atom. The molecule has 2 heterocycles. The van der Waals surface area contributed by atoms with Gasteiger partial charge in [-0.25, -0.2) is 4.79 Å². The van der Waals surface area contributed by atoms with Gasteiger partial charge in [-0.15, -0.1) is 0 Å². The SMILES string of the molecule is NCCCCC(NC(=O)CNC(=O)C(N)Cc1c[nH]c2ccccc12)C(=O)NC(Cc1c[nH]c2ccccc12)C(=O)O. The molecule has 4 aromatic rings. The fourth-order valence-electron chi connectivity index (χ4n) is 4.93. The summed E-state index contributed by atoms with van der Waals surface area (Å²) in [7, 11) is 0. The number of nitrogens with two attached hydrogens (primary N) is 2. The van der Waals surface area contributed by atoms with Crippen LogP contribution >= 0.6 is 0 Å². The minimum absolute atomic E-state index is 0.0545. The van der Waals surface area contributed by atoms with Crippen molar-refractivity contribution in [1.29, 1.82) is 0 Å². The Bertz CT molecular complexity index is 1550. The van der Waals surface area contributed by atoms with Crippen molar-refractivity contribution in [3.63, 3.8) is 0 Å². The lowest BCUT2D eigenvalue weighted by Gasteiger charge is -2.22. The highest BCUT2D eigenvalue weighted by Crippen LogP contribution is 2.20. The Labute approximate surface area is 242 Å². The predicted octanol–water partition coefficient (Wildman–Crippen LogP) is 1.06. The van der Waals surface area contributed by atoms with E-state index in [0.717, 1.165) is 32.9 Å². The summed E-state index contributed by atoms with van der Waals surface area (Å²) in [6, 6.07) is 12.0. The third kappa shape index (κ3) is 7.74. The summed E-state index contributed by atoms with van der Waals surface area (Å²) in [5.74, 6) is -2.93. The van der Waals surface area contributed by atoms with Gasteiger partial charge in [0.15, 0.2) is 0 Å². The van der Waals surface area contributed by atoms with Crippen LogP contribution in [0.2, 0.25) is 0 Å². The van der Waals surface area contributed by atoms with E-state index < -0.39 is 48.4 Å². The third-order valence-corrected chi connectivity index (χ3v) is 7.19. The Morgan fingerprint density at radius 1 is 0.786 bits per heavy atom. The number of H-pyrrole nitrogens is 2. The fourth-order valence-corrected chi connectivity index (χ4v) is 4.93. The molecular weight excluding hydrogens is 538 g/mol. The van der Waals surface area contributed by atoms with Crippen molar-refractivity contribution >= 4 is 45.5 Å². The average Bonchev–Trinajstić information content (AvgIpc) is 3.59. The van der Waals surface area contributed by atoms with Crippen molar-refractivity contribution in [3.8, 4) is 0 Å². The van der Waals surface area contributed by atoms with E-state index in [1.165, 1.54) is 0 Å². The molecule has 0 aliphatic rings. The number of benzene rings is 2. The van der Waals surface area contributed by atoms with Gasteiger partial charge in [0.05, 0.1) is 12.6 Å². The summed E-state index contributed by atoms with van der Waals surface area (Å²) < 4.78 is 0. The van der Waals surface area contributed by atoms with Gasteiger partial charge in [-0.05, 0) is 55.5 Å². The van der Waals surface area contributed by atoms with Gasteiger partial charge < -0.3 is 42.5 Å². The van der Waals surface area contributed by atoms with Crippen LogP contribution in [0.5, 0.6) is 0 Å². The maximum absolute atomic E-state index is 13.2. The highest BCUT2D eigenvalue weighted by molar-refractivity contribution is 5.93. The van der Waals surface area contributed by atoms with Crippen LogP contribution in [0.1, 0.15) is 30.4 Å². The fraction of sp³-hybridized carbons (Fsp3) is 0.333. The molecule has 2 aromatic heterocycles. The van der Waals surface area contributed by atoms with Gasteiger partial charge in [0, 0.05) is 40.6 Å². The molecule has 0 bridgehead atoms. The first-order chi connectivity index (χ1) is 20.3. The number of carboxylic acid groups (broad SMARTS) is 1. The van der Waals surface area contributed by atoms with E-state index >= 15 is 0 Å². The zero-order valence-corrected chi connectivity index (χ0v) is 23.2. The van der Waals surface area contributed by atoms with E-state index in [1.807, 2.05) is 48.5 Å². The van der Waals surface area contributed by atoms with E-state index in [9.17, 15) is 24.3 Å². The molecule has 4 rings (SSSR count). The molecule has 2 aromatic carbocycles. The molecule has 10 N–H and O–H groups in total. The van der Waals surface area contributed by atoms with E-state index in [1.54, 1.807) is 12.4 Å². The molecular formula is C30H37N7O5. The molecule has 0 radical (unpaired) electrons. The van der Waals surface area contributed by atoms with Crippen LogP contribution in [0, 0.1) is 0 Å². The summed E-state index contributed by atoms with van der Waals surface area (Å²) in [5.41, 5.74) is 15.1. The molecule has 12 nitrogen and oxygen atoms in total. The number of rotatable bonds is 15. The number of hydrogen-bond donors (Lipinski definition) is 8. The minimum atomic E-state index is -1.21. The standard InChI is InChI=1S/C30H37N7O5/c31-12-6-5-11-25(29(40)37-26(30(41)42)14-19-16-34-24-10-4-2-8-21(19)24)36-27(38)17-35-28(39)22(32)13-18-15-33-23-9-3-1-7-20(18)23/h1-4,7-10,15-16,22,25-26,33-34H,5-6,11-14,17,31-32H2,(H,35,39)(H,36,38)(H,37,40)(H,41,42). The molecule has 3 atom stereocenters. The second kappa shape index (κ2) is 14.3. The Kier molecular flexibility index (Phi) is 10.3. The molecule has 12 heteroatoms. The summed E-state index contributed by atoms with van der Waals surface area (Å²) in [4.78, 5) is 56.8. The summed E-state index contributed by atoms with van der Waals surface area (Å²) in [6.07, 6.45) is 5.26. The van der Waals surface area contributed by atoms with Crippen LogP contribution in [-0.2, 0) is 32.0 Å². The lowest BCUT2D eigenvalue weighted by atomic mass is 10.0. The number of aromatic amines is 2. The summed E-state index contributed by atoms with van der Waals surface area (Å²) in [5, 5.41) is 19.4. The van der Waals surface area contributed by atoms with Gasteiger partial charge in [0.25, 0.3) is 0 Å². The number of carboxylic acids is 1. The molecule has 42 heavy (non-hydrogen) atoms. The van der Waals surface area contributed by atoms with Crippen LogP contribution in [0.15, 0.2) is 60.9 Å². The first-order valence-corrected chi connectivity index (χ1v) is 13.9. The quantitative estimate of drug-likeness (QED) is 0.0966. The van der Waals surface area contributed by atoms with Crippen molar-refractivity contribution in [2.75, 3.05) is 13.1 Å². The second-order valence-electron chi connectivity index (χ2n) is 10.3. The zero-order chi connectivity index (χ0) is 30.1. The number of nitrogens with one attached hydrogen (secondary N) is 5. The zero-order valence-electron chi connectivity index (χ0n) is 23.2. The Hall–Kier alpha value is -4.68. The van der Waals surface area contributed by atoms with Crippen LogP contribution in [0.4, 0.5) is 0 Å². The molecule has 0 aliphatic heterocycles. The number of aliphatic carboxylic acids is 1. The number of fused-ring (bicyclic) bond motifs is 2.